The van der Waals surface area contributed by atoms with Crippen LogP contribution in [0.25, 0.3) is 0 Å². The van der Waals surface area contributed by atoms with Crippen molar-refractivity contribution in [1.82, 2.24) is 10.2 Å². The fourth-order valence-corrected chi connectivity index (χ4v) is 3.38. The van der Waals surface area contributed by atoms with E-state index < -0.39 is 4.92 Å². The van der Waals surface area contributed by atoms with Crippen LogP contribution in [0.5, 0.6) is 0 Å². The summed E-state index contributed by atoms with van der Waals surface area (Å²) in [6, 6.07) is 10.7. The van der Waals surface area contributed by atoms with E-state index in [-0.39, 0.29) is 35.4 Å². The Hall–Kier alpha value is -3.33. The number of hydrogen-bond donors (Lipinski definition) is 2. The van der Waals surface area contributed by atoms with Gasteiger partial charge < -0.3 is 10.6 Å². The fourth-order valence-electron chi connectivity index (χ4n) is 3.38. The predicted octanol–water partition coefficient (Wildman–Crippen LogP) is 2.96. The summed E-state index contributed by atoms with van der Waals surface area (Å²) < 4.78 is 13.0. The van der Waals surface area contributed by atoms with Crippen LogP contribution in [0.3, 0.4) is 0 Å². The number of hydrogen-bond acceptors (Lipinski definition) is 5. The second-order valence-corrected chi connectivity index (χ2v) is 7.26. The molecule has 1 unspecified atom stereocenters. The Labute approximate surface area is 173 Å². The van der Waals surface area contributed by atoms with Gasteiger partial charge in [0.1, 0.15) is 5.82 Å². The zero-order valence-corrected chi connectivity index (χ0v) is 16.5. The second kappa shape index (κ2) is 9.45. The molecule has 2 amide bonds. The van der Waals surface area contributed by atoms with Crippen molar-refractivity contribution >= 4 is 23.2 Å². The number of piperidine rings is 1. The van der Waals surface area contributed by atoms with E-state index in [0.717, 1.165) is 0 Å². The van der Waals surface area contributed by atoms with Gasteiger partial charge >= 0.3 is 0 Å². The van der Waals surface area contributed by atoms with Crippen molar-refractivity contribution < 1.29 is 18.9 Å². The van der Waals surface area contributed by atoms with Gasteiger partial charge in [0.25, 0.3) is 11.6 Å². The fraction of sp³-hybridized carbons (Fsp3) is 0.333. The lowest BCUT2D eigenvalue weighted by molar-refractivity contribution is -0.384. The van der Waals surface area contributed by atoms with Crippen molar-refractivity contribution in [3.8, 4) is 0 Å². The molecule has 1 aliphatic heterocycles. The van der Waals surface area contributed by atoms with Gasteiger partial charge in [0.05, 0.1) is 11.0 Å². The zero-order chi connectivity index (χ0) is 21.7. The van der Waals surface area contributed by atoms with E-state index in [1.807, 2.05) is 4.90 Å². The van der Waals surface area contributed by atoms with Gasteiger partial charge in [-0.1, -0.05) is 0 Å². The number of nitro benzene ring substituents is 1. The number of nitro groups is 1. The molecule has 9 heteroatoms. The molecule has 1 heterocycles. The van der Waals surface area contributed by atoms with Crippen LogP contribution in [0.4, 0.5) is 15.8 Å². The summed E-state index contributed by atoms with van der Waals surface area (Å²) in [6.45, 7) is 3.09. The van der Waals surface area contributed by atoms with Crippen LogP contribution < -0.4 is 10.6 Å². The molecular formula is C21H23FN4O4. The van der Waals surface area contributed by atoms with Crippen LogP contribution in [-0.4, -0.2) is 46.8 Å². The van der Waals surface area contributed by atoms with Crippen LogP contribution in [0.15, 0.2) is 48.5 Å². The monoisotopic (exact) mass is 414 g/mol. The molecule has 1 atom stereocenters. The molecular weight excluding hydrogens is 391 g/mol. The highest BCUT2D eigenvalue weighted by Crippen LogP contribution is 2.18. The molecule has 0 aromatic heterocycles. The van der Waals surface area contributed by atoms with E-state index in [4.69, 9.17) is 0 Å². The average Bonchev–Trinajstić information content (AvgIpc) is 2.74. The van der Waals surface area contributed by atoms with Crippen LogP contribution in [-0.2, 0) is 4.79 Å². The number of rotatable bonds is 6. The molecule has 2 N–H and O–H groups in total. The number of carbonyl (C=O) groups is 2. The topological polar surface area (TPSA) is 105 Å². The summed E-state index contributed by atoms with van der Waals surface area (Å²) in [5.74, 6) is -0.823. The minimum atomic E-state index is -0.493. The van der Waals surface area contributed by atoms with E-state index in [2.05, 4.69) is 10.6 Å². The summed E-state index contributed by atoms with van der Waals surface area (Å²) in [6.07, 6.45) is 1.39. The second-order valence-electron chi connectivity index (χ2n) is 7.26. The SMILES string of the molecule is CC(C(=O)Nc1ccc([N+](=O)[O-])cc1)N1CCC(NC(=O)c2ccc(F)cc2)CC1. The first-order chi connectivity index (χ1) is 14.3. The number of anilines is 1. The first-order valence-corrected chi connectivity index (χ1v) is 9.69. The van der Waals surface area contributed by atoms with Crippen LogP contribution >= 0.6 is 0 Å². The minimum Gasteiger partial charge on any atom is -0.349 e. The molecule has 2 aromatic carbocycles. The van der Waals surface area contributed by atoms with Crippen LogP contribution in [0, 0.1) is 15.9 Å². The number of nitrogens with one attached hydrogen (secondary N) is 2. The molecule has 1 saturated heterocycles. The first-order valence-electron chi connectivity index (χ1n) is 9.69. The van der Waals surface area contributed by atoms with Gasteiger partial charge in [-0.2, -0.15) is 0 Å². The Morgan fingerprint density at radius 3 is 2.27 bits per heavy atom. The normalized spacial score (nSPS) is 15.9. The number of carbonyl (C=O) groups excluding carboxylic acids is 2. The number of amides is 2. The number of likely N-dealkylation sites (tertiary alicyclic amines) is 1. The van der Waals surface area contributed by atoms with Crippen LogP contribution in [0.1, 0.15) is 30.1 Å². The number of benzene rings is 2. The third-order valence-electron chi connectivity index (χ3n) is 5.24. The molecule has 1 fully saturated rings. The van der Waals surface area contributed by atoms with Gasteiger partial charge in [0, 0.05) is 42.5 Å². The molecule has 0 saturated carbocycles. The first kappa shape index (κ1) is 21.4. The van der Waals surface area contributed by atoms with Gasteiger partial charge in [-0.05, 0) is 56.2 Å². The van der Waals surface area contributed by atoms with Crippen molar-refractivity contribution in [2.75, 3.05) is 18.4 Å². The third kappa shape index (κ3) is 5.38. The zero-order valence-electron chi connectivity index (χ0n) is 16.5. The summed E-state index contributed by atoms with van der Waals surface area (Å²) >= 11 is 0. The van der Waals surface area contributed by atoms with Crippen molar-refractivity contribution in [2.45, 2.75) is 31.8 Å². The Kier molecular flexibility index (Phi) is 6.73. The van der Waals surface area contributed by atoms with E-state index >= 15 is 0 Å². The molecule has 30 heavy (non-hydrogen) atoms. The van der Waals surface area contributed by atoms with Gasteiger partial charge in [-0.3, -0.25) is 24.6 Å². The smallest absolute Gasteiger partial charge is 0.269 e. The van der Waals surface area contributed by atoms with Gasteiger partial charge in [0.2, 0.25) is 5.91 Å². The summed E-state index contributed by atoms with van der Waals surface area (Å²) in [4.78, 5) is 37.0. The number of halogens is 1. The van der Waals surface area contributed by atoms with Crippen molar-refractivity contribution in [1.29, 1.82) is 0 Å². The maximum atomic E-state index is 13.0. The van der Waals surface area contributed by atoms with Gasteiger partial charge in [-0.25, -0.2) is 4.39 Å². The standard InChI is InChI=1S/C21H23FN4O4/c1-14(20(27)23-17-6-8-19(9-7-17)26(29)30)25-12-10-18(11-13-25)24-21(28)15-2-4-16(22)5-3-15/h2-9,14,18H,10-13H2,1H3,(H,23,27)(H,24,28). The van der Waals surface area contributed by atoms with Crippen molar-refractivity contribution in [3.63, 3.8) is 0 Å². The highest BCUT2D eigenvalue weighted by molar-refractivity contribution is 5.95. The van der Waals surface area contributed by atoms with E-state index in [1.54, 1.807) is 6.92 Å². The maximum Gasteiger partial charge on any atom is 0.269 e. The molecule has 0 bridgehead atoms. The third-order valence-corrected chi connectivity index (χ3v) is 5.24. The quantitative estimate of drug-likeness (QED) is 0.559. The summed E-state index contributed by atoms with van der Waals surface area (Å²) in [5.41, 5.74) is 0.874. The summed E-state index contributed by atoms with van der Waals surface area (Å²) in [7, 11) is 0. The molecule has 158 valence electrons. The molecule has 0 spiro atoms. The Morgan fingerprint density at radius 1 is 1.10 bits per heavy atom. The van der Waals surface area contributed by atoms with Gasteiger partial charge in [-0.15, -0.1) is 0 Å². The lowest BCUT2D eigenvalue weighted by atomic mass is 10.0. The number of non-ortho nitro benzene ring substituents is 1. The molecule has 3 rings (SSSR count). The van der Waals surface area contributed by atoms with Gasteiger partial charge in [0.15, 0.2) is 0 Å². The van der Waals surface area contributed by atoms with Crippen LogP contribution in [0.2, 0.25) is 0 Å². The predicted molar refractivity (Wildman–Crippen MR) is 110 cm³/mol. The van der Waals surface area contributed by atoms with E-state index in [9.17, 15) is 24.1 Å². The molecule has 0 radical (unpaired) electrons. The van der Waals surface area contributed by atoms with Crippen molar-refractivity contribution in [2.24, 2.45) is 0 Å². The maximum absolute atomic E-state index is 13.0. The average molecular weight is 414 g/mol. The van der Waals surface area contributed by atoms with E-state index in [1.165, 1.54) is 48.5 Å². The van der Waals surface area contributed by atoms with Crippen molar-refractivity contribution in [3.05, 3.63) is 70.0 Å². The molecule has 0 aliphatic carbocycles. The molecule has 2 aromatic rings. The minimum absolute atomic E-state index is 0.0104. The largest absolute Gasteiger partial charge is 0.349 e. The molecule has 1 aliphatic rings. The Balaban J connectivity index is 1.47. The lowest BCUT2D eigenvalue weighted by Gasteiger charge is -2.35. The Bertz CT molecular complexity index is 910. The molecule has 8 nitrogen and oxygen atoms in total. The summed E-state index contributed by atoms with van der Waals surface area (Å²) in [5, 5.41) is 16.4. The van der Waals surface area contributed by atoms with E-state index in [0.29, 0.717) is 37.2 Å². The Morgan fingerprint density at radius 2 is 1.70 bits per heavy atom. The lowest BCUT2D eigenvalue weighted by Crippen LogP contribution is -2.50. The number of nitrogens with zero attached hydrogens (tertiary/aromatic N) is 2. The highest BCUT2D eigenvalue weighted by Gasteiger charge is 2.27. The highest BCUT2D eigenvalue weighted by atomic mass is 19.1.